The molecule has 84 valence electrons. The zero-order valence-corrected chi connectivity index (χ0v) is 12.2. The van der Waals surface area contributed by atoms with Gasteiger partial charge in [0.15, 0.2) is 0 Å². The summed E-state index contributed by atoms with van der Waals surface area (Å²) in [6, 6.07) is 5.83. The molecule has 0 saturated carbocycles. The molecule has 0 aliphatic heterocycles. The van der Waals surface area contributed by atoms with Crippen LogP contribution in [-0.2, 0) is 7.05 Å². The normalized spacial score (nSPS) is 12.8. The van der Waals surface area contributed by atoms with Crippen LogP contribution in [0.25, 0.3) is 0 Å². The highest BCUT2D eigenvalue weighted by atomic mass is 127. The Balaban J connectivity index is 2.45. The quantitative estimate of drug-likeness (QED) is 0.796. The van der Waals surface area contributed by atoms with Crippen molar-refractivity contribution in [3.8, 4) is 0 Å². The van der Waals surface area contributed by atoms with Gasteiger partial charge >= 0.3 is 0 Å². The van der Waals surface area contributed by atoms with Crippen molar-refractivity contribution >= 4 is 38.5 Å². The van der Waals surface area contributed by atoms with Gasteiger partial charge in [0.2, 0.25) is 0 Å². The van der Waals surface area contributed by atoms with Crippen LogP contribution in [0.15, 0.2) is 28.9 Å². The third kappa shape index (κ3) is 2.28. The molecule has 0 saturated heterocycles. The molecule has 0 radical (unpaired) electrons. The minimum Gasteiger partial charge on any atom is -0.382 e. The van der Waals surface area contributed by atoms with Gasteiger partial charge in [-0.05, 0) is 40.8 Å². The largest absolute Gasteiger partial charge is 0.382 e. The van der Waals surface area contributed by atoms with E-state index >= 15 is 0 Å². The van der Waals surface area contributed by atoms with E-state index in [9.17, 15) is 5.11 Å². The molecular weight excluding hydrogens is 385 g/mol. The molecule has 0 fully saturated rings. The number of aliphatic hydroxyl groups excluding tert-OH is 1. The number of halogens is 2. The standard InChI is InChI=1S/C10H9BrIN3O/c1-15-9(5-13-14-15)10(16)7-4-6(12)2-3-8(7)11/h2-5,10,16H,1H3. The fraction of sp³-hybridized carbons (Fsp3) is 0.200. The number of hydrogen-bond acceptors (Lipinski definition) is 3. The van der Waals surface area contributed by atoms with Crippen molar-refractivity contribution in [2.24, 2.45) is 7.05 Å². The highest BCUT2D eigenvalue weighted by Crippen LogP contribution is 2.29. The number of aryl methyl sites for hydroxylation is 1. The van der Waals surface area contributed by atoms with E-state index in [2.05, 4.69) is 48.8 Å². The van der Waals surface area contributed by atoms with Crippen LogP contribution in [0.4, 0.5) is 0 Å². The zero-order valence-electron chi connectivity index (χ0n) is 8.43. The lowest BCUT2D eigenvalue weighted by atomic mass is 10.1. The highest BCUT2D eigenvalue weighted by Gasteiger charge is 2.17. The van der Waals surface area contributed by atoms with Gasteiger partial charge in [-0.2, -0.15) is 0 Å². The second kappa shape index (κ2) is 4.80. The van der Waals surface area contributed by atoms with Crippen LogP contribution in [-0.4, -0.2) is 20.1 Å². The SMILES string of the molecule is Cn1nncc1C(O)c1cc(I)ccc1Br. The third-order valence-electron chi connectivity index (χ3n) is 2.28. The van der Waals surface area contributed by atoms with Gasteiger partial charge in [0.05, 0.1) is 11.9 Å². The Morgan fingerprint density at radius 3 is 2.88 bits per heavy atom. The topological polar surface area (TPSA) is 50.9 Å². The molecule has 6 heteroatoms. The van der Waals surface area contributed by atoms with E-state index < -0.39 is 6.10 Å². The van der Waals surface area contributed by atoms with E-state index in [1.165, 1.54) is 0 Å². The number of aliphatic hydroxyl groups is 1. The average Bonchev–Trinajstić information content (AvgIpc) is 2.67. The highest BCUT2D eigenvalue weighted by molar-refractivity contribution is 14.1. The van der Waals surface area contributed by atoms with E-state index in [4.69, 9.17) is 0 Å². The first-order valence-electron chi connectivity index (χ1n) is 4.57. The van der Waals surface area contributed by atoms with Crippen molar-refractivity contribution in [1.82, 2.24) is 15.0 Å². The predicted molar refractivity (Wildman–Crippen MR) is 71.9 cm³/mol. The Morgan fingerprint density at radius 1 is 1.50 bits per heavy atom. The second-order valence-corrected chi connectivity index (χ2v) is 5.45. The minimum absolute atomic E-state index is 0.669. The van der Waals surface area contributed by atoms with E-state index in [0.29, 0.717) is 5.69 Å². The minimum atomic E-state index is -0.718. The summed E-state index contributed by atoms with van der Waals surface area (Å²) in [5.74, 6) is 0. The summed E-state index contributed by atoms with van der Waals surface area (Å²) in [6.07, 6.45) is 0.848. The molecule has 0 amide bonds. The van der Waals surface area contributed by atoms with E-state index in [0.717, 1.165) is 13.6 Å². The van der Waals surface area contributed by atoms with Crippen LogP contribution < -0.4 is 0 Å². The van der Waals surface area contributed by atoms with Gasteiger partial charge in [-0.15, -0.1) is 5.10 Å². The fourth-order valence-electron chi connectivity index (χ4n) is 1.43. The smallest absolute Gasteiger partial charge is 0.123 e. The van der Waals surface area contributed by atoms with Crippen LogP contribution in [0.3, 0.4) is 0 Å². The monoisotopic (exact) mass is 393 g/mol. The van der Waals surface area contributed by atoms with Gasteiger partial charge < -0.3 is 5.11 Å². The molecule has 4 nitrogen and oxygen atoms in total. The molecular formula is C10H9BrIN3O. The first-order chi connectivity index (χ1) is 7.59. The van der Waals surface area contributed by atoms with Crippen molar-refractivity contribution in [2.45, 2.75) is 6.10 Å². The number of nitrogens with zero attached hydrogens (tertiary/aromatic N) is 3. The summed E-state index contributed by atoms with van der Waals surface area (Å²) in [5, 5.41) is 17.8. The zero-order chi connectivity index (χ0) is 11.7. The maximum atomic E-state index is 10.2. The van der Waals surface area contributed by atoms with Crippen LogP contribution in [0.5, 0.6) is 0 Å². The lowest BCUT2D eigenvalue weighted by molar-refractivity contribution is 0.209. The lowest BCUT2D eigenvalue weighted by Gasteiger charge is -2.12. The maximum Gasteiger partial charge on any atom is 0.123 e. The Bertz CT molecular complexity index is 515. The number of aromatic nitrogens is 3. The molecule has 1 aromatic carbocycles. The molecule has 2 aromatic rings. The van der Waals surface area contributed by atoms with E-state index in [1.807, 2.05) is 18.2 Å². The van der Waals surface area contributed by atoms with Crippen molar-refractivity contribution in [1.29, 1.82) is 0 Å². The van der Waals surface area contributed by atoms with Crippen molar-refractivity contribution in [2.75, 3.05) is 0 Å². The van der Waals surface area contributed by atoms with Crippen molar-refractivity contribution in [3.05, 3.63) is 43.7 Å². The molecule has 1 aromatic heterocycles. The predicted octanol–water partition coefficient (Wildman–Crippen LogP) is 2.26. The van der Waals surface area contributed by atoms with Crippen LogP contribution in [0.2, 0.25) is 0 Å². The summed E-state index contributed by atoms with van der Waals surface area (Å²) in [6.45, 7) is 0. The average molecular weight is 394 g/mol. The number of hydrogen-bond donors (Lipinski definition) is 1. The second-order valence-electron chi connectivity index (χ2n) is 3.35. The van der Waals surface area contributed by atoms with Gasteiger partial charge in [0.1, 0.15) is 6.10 Å². The van der Waals surface area contributed by atoms with Crippen molar-refractivity contribution in [3.63, 3.8) is 0 Å². The summed E-state index contributed by atoms with van der Waals surface area (Å²) >= 11 is 5.64. The van der Waals surface area contributed by atoms with Crippen molar-refractivity contribution < 1.29 is 5.11 Å². The summed E-state index contributed by atoms with van der Waals surface area (Å²) < 4.78 is 3.52. The third-order valence-corrected chi connectivity index (χ3v) is 3.68. The Hall–Kier alpha value is -0.470. The number of benzene rings is 1. The molecule has 0 aliphatic carbocycles. The molecule has 1 N–H and O–H groups in total. The first-order valence-corrected chi connectivity index (χ1v) is 6.44. The van der Waals surface area contributed by atoms with Crippen LogP contribution >= 0.6 is 38.5 Å². The number of rotatable bonds is 2. The summed E-state index contributed by atoms with van der Waals surface area (Å²) in [7, 11) is 1.76. The molecule has 1 unspecified atom stereocenters. The molecule has 1 atom stereocenters. The molecule has 0 bridgehead atoms. The first kappa shape index (κ1) is 12.0. The molecule has 0 spiro atoms. The van der Waals surface area contributed by atoms with E-state index in [-0.39, 0.29) is 0 Å². The molecule has 0 aliphatic rings. The van der Waals surface area contributed by atoms with Gasteiger partial charge in [-0.3, -0.25) is 0 Å². The van der Waals surface area contributed by atoms with Gasteiger partial charge in [-0.25, -0.2) is 4.68 Å². The lowest BCUT2D eigenvalue weighted by Crippen LogP contribution is -2.07. The van der Waals surface area contributed by atoms with Gasteiger partial charge in [0.25, 0.3) is 0 Å². The van der Waals surface area contributed by atoms with E-state index in [1.54, 1.807) is 17.9 Å². The van der Waals surface area contributed by atoms with Crippen LogP contribution in [0.1, 0.15) is 17.4 Å². The maximum absolute atomic E-state index is 10.2. The Labute approximate surface area is 115 Å². The molecule has 16 heavy (non-hydrogen) atoms. The summed E-state index contributed by atoms with van der Waals surface area (Å²) in [5.41, 5.74) is 1.49. The van der Waals surface area contributed by atoms with Crippen LogP contribution in [0, 0.1) is 3.57 Å². The fourth-order valence-corrected chi connectivity index (χ4v) is 2.41. The Morgan fingerprint density at radius 2 is 2.25 bits per heavy atom. The Kier molecular flexibility index (Phi) is 3.60. The molecule has 1 heterocycles. The van der Waals surface area contributed by atoms with Gasteiger partial charge in [0, 0.05) is 20.7 Å². The summed E-state index contributed by atoms with van der Waals surface area (Å²) in [4.78, 5) is 0. The van der Waals surface area contributed by atoms with Gasteiger partial charge in [-0.1, -0.05) is 21.1 Å². The molecule has 2 rings (SSSR count).